The lowest BCUT2D eigenvalue weighted by molar-refractivity contribution is -0.118. The van der Waals surface area contributed by atoms with Gasteiger partial charge in [0, 0.05) is 18.3 Å². The van der Waals surface area contributed by atoms with Gasteiger partial charge in [-0.2, -0.15) is 0 Å². The SMILES string of the molecule is CCN(C(=O)Cc1ccccc1F)c1ccc(F)c(F)c1. The van der Waals surface area contributed by atoms with Crippen molar-refractivity contribution in [1.29, 1.82) is 0 Å². The summed E-state index contributed by atoms with van der Waals surface area (Å²) in [4.78, 5) is 13.5. The van der Waals surface area contributed by atoms with Crippen molar-refractivity contribution in [2.75, 3.05) is 11.4 Å². The zero-order valence-electron chi connectivity index (χ0n) is 11.4. The van der Waals surface area contributed by atoms with Crippen LogP contribution in [0.5, 0.6) is 0 Å². The fourth-order valence-electron chi connectivity index (χ4n) is 2.06. The summed E-state index contributed by atoms with van der Waals surface area (Å²) in [5.74, 6) is -2.85. The van der Waals surface area contributed by atoms with Crippen molar-refractivity contribution in [3.63, 3.8) is 0 Å². The molecule has 0 atom stereocenters. The highest BCUT2D eigenvalue weighted by Gasteiger charge is 2.17. The van der Waals surface area contributed by atoms with Crippen molar-refractivity contribution < 1.29 is 18.0 Å². The molecule has 0 aliphatic heterocycles. The van der Waals surface area contributed by atoms with Crippen LogP contribution < -0.4 is 4.90 Å². The molecule has 21 heavy (non-hydrogen) atoms. The molecule has 0 saturated heterocycles. The Kier molecular flexibility index (Phi) is 4.62. The molecule has 110 valence electrons. The Hall–Kier alpha value is -2.30. The second-order valence-electron chi connectivity index (χ2n) is 4.50. The minimum atomic E-state index is -1.02. The zero-order valence-corrected chi connectivity index (χ0v) is 11.4. The second-order valence-corrected chi connectivity index (χ2v) is 4.50. The molecule has 0 N–H and O–H groups in total. The van der Waals surface area contributed by atoms with E-state index >= 15 is 0 Å². The van der Waals surface area contributed by atoms with Gasteiger partial charge in [0.25, 0.3) is 0 Å². The molecule has 2 rings (SSSR count). The molecule has 0 bridgehead atoms. The first kappa shape index (κ1) is 15.1. The number of nitrogens with zero attached hydrogens (tertiary/aromatic N) is 1. The maximum absolute atomic E-state index is 13.6. The van der Waals surface area contributed by atoms with Gasteiger partial charge in [-0.05, 0) is 30.7 Å². The smallest absolute Gasteiger partial charge is 0.231 e. The van der Waals surface area contributed by atoms with E-state index in [1.54, 1.807) is 13.0 Å². The van der Waals surface area contributed by atoms with Crippen LogP contribution in [0.1, 0.15) is 12.5 Å². The summed E-state index contributed by atoms with van der Waals surface area (Å²) in [5, 5.41) is 0. The second kappa shape index (κ2) is 6.43. The van der Waals surface area contributed by atoms with Crippen molar-refractivity contribution >= 4 is 11.6 Å². The monoisotopic (exact) mass is 293 g/mol. The number of amides is 1. The first-order valence-corrected chi connectivity index (χ1v) is 6.51. The van der Waals surface area contributed by atoms with Gasteiger partial charge in [-0.15, -0.1) is 0 Å². The predicted molar refractivity (Wildman–Crippen MR) is 74.5 cm³/mol. The lowest BCUT2D eigenvalue weighted by atomic mass is 10.1. The molecule has 0 aliphatic carbocycles. The molecule has 0 saturated carbocycles. The van der Waals surface area contributed by atoms with E-state index in [9.17, 15) is 18.0 Å². The molecule has 1 amide bonds. The van der Waals surface area contributed by atoms with Crippen LogP contribution in [0.3, 0.4) is 0 Å². The Balaban J connectivity index is 2.22. The fourth-order valence-corrected chi connectivity index (χ4v) is 2.06. The van der Waals surface area contributed by atoms with Gasteiger partial charge in [0.2, 0.25) is 5.91 Å². The summed E-state index contributed by atoms with van der Waals surface area (Å²) in [6.07, 6.45) is -0.139. The lowest BCUT2D eigenvalue weighted by Gasteiger charge is -2.21. The highest BCUT2D eigenvalue weighted by Crippen LogP contribution is 2.19. The van der Waals surface area contributed by atoms with E-state index in [1.807, 2.05) is 0 Å². The van der Waals surface area contributed by atoms with Crippen molar-refractivity contribution in [2.24, 2.45) is 0 Å². The van der Waals surface area contributed by atoms with Crippen LogP contribution >= 0.6 is 0 Å². The molecule has 0 aliphatic rings. The Bertz CT molecular complexity index is 658. The third-order valence-corrected chi connectivity index (χ3v) is 3.13. The number of likely N-dealkylation sites (N-methyl/N-ethyl adjacent to an activating group) is 1. The Morgan fingerprint density at radius 3 is 2.33 bits per heavy atom. The standard InChI is InChI=1S/C16H14F3NO/c1-2-20(12-7-8-14(18)15(19)10-12)16(21)9-11-5-3-4-6-13(11)17/h3-8,10H,2,9H2,1H3. The minimum absolute atomic E-state index is 0.139. The van der Waals surface area contributed by atoms with Crippen LogP contribution in [0.2, 0.25) is 0 Å². The molecule has 2 aromatic carbocycles. The van der Waals surface area contributed by atoms with E-state index < -0.39 is 17.5 Å². The summed E-state index contributed by atoms with van der Waals surface area (Å²) in [6, 6.07) is 9.21. The van der Waals surface area contributed by atoms with E-state index in [0.717, 1.165) is 12.1 Å². The number of carbonyl (C=O) groups excluding carboxylic acids is 1. The molecule has 2 nitrogen and oxygen atoms in total. The number of anilines is 1. The molecule has 2 aromatic rings. The Morgan fingerprint density at radius 2 is 1.71 bits per heavy atom. The number of carbonyl (C=O) groups is 1. The average Bonchev–Trinajstić information content (AvgIpc) is 2.46. The topological polar surface area (TPSA) is 20.3 Å². The van der Waals surface area contributed by atoms with Crippen molar-refractivity contribution in [1.82, 2.24) is 0 Å². The number of hydrogen-bond donors (Lipinski definition) is 0. The first-order valence-electron chi connectivity index (χ1n) is 6.51. The van der Waals surface area contributed by atoms with Crippen LogP contribution in [0, 0.1) is 17.5 Å². The van der Waals surface area contributed by atoms with Gasteiger partial charge in [0.15, 0.2) is 11.6 Å². The summed E-state index contributed by atoms with van der Waals surface area (Å²) in [6.45, 7) is 1.98. The summed E-state index contributed by atoms with van der Waals surface area (Å²) in [7, 11) is 0. The van der Waals surface area contributed by atoms with Crippen LogP contribution in [-0.2, 0) is 11.2 Å². The number of halogens is 3. The minimum Gasteiger partial charge on any atom is -0.312 e. The van der Waals surface area contributed by atoms with Gasteiger partial charge < -0.3 is 4.90 Å². The van der Waals surface area contributed by atoms with E-state index in [1.165, 1.54) is 29.2 Å². The summed E-state index contributed by atoms with van der Waals surface area (Å²) >= 11 is 0. The molecule has 0 aromatic heterocycles. The number of rotatable bonds is 4. The van der Waals surface area contributed by atoms with Gasteiger partial charge in [0.1, 0.15) is 5.82 Å². The zero-order chi connectivity index (χ0) is 15.4. The van der Waals surface area contributed by atoms with Crippen LogP contribution in [0.4, 0.5) is 18.9 Å². The maximum Gasteiger partial charge on any atom is 0.231 e. The highest BCUT2D eigenvalue weighted by molar-refractivity contribution is 5.94. The molecule has 0 fully saturated rings. The molecule has 0 unspecified atom stereocenters. The predicted octanol–water partition coefficient (Wildman–Crippen LogP) is 3.70. The normalized spacial score (nSPS) is 10.5. The van der Waals surface area contributed by atoms with Crippen molar-refractivity contribution in [2.45, 2.75) is 13.3 Å². The number of hydrogen-bond acceptors (Lipinski definition) is 1. The maximum atomic E-state index is 13.6. The lowest BCUT2D eigenvalue weighted by Crippen LogP contribution is -2.32. The van der Waals surface area contributed by atoms with Gasteiger partial charge in [-0.3, -0.25) is 4.79 Å². The van der Waals surface area contributed by atoms with Gasteiger partial charge in [-0.1, -0.05) is 18.2 Å². The Morgan fingerprint density at radius 1 is 1.00 bits per heavy atom. The van der Waals surface area contributed by atoms with Gasteiger partial charge in [-0.25, -0.2) is 13.2 Å². The van der Waals surface area contributed by atoms with Crippen molar-refractivity contribution in [3.05, 3.63) is 65.5 Å². The molecule has 5 heteroatoms. The molecule has 0 radical (unpaired) electrons. The molecule has 0 spiro atoms. The van der Waals surface area contributed by atoms with E-state index in [2.05, 4.69) is 0 Å². The van der Waals surface area contributed by atoms with Gasteiger partial charge >= 0.3 is 0 Å². The largest absolute Gasteiger partial charge is 0.312 e. The van der Waals surface area contributed by atoms with Gasteiger partial charge in [0.05, 0.1) is 6.42 Å². The van der Waals surface area contributed by atoms with E-state index in [4.69, 9.17) is 0 Å². The fraction of sp³-hybridized carbons (Fsp3) is 0.188. The third kappa shape index (κ3) is 3.42. The Labute approximate surface area is 120 Å². The average molecular weight is 293 g/mol. The molecular formula is C16H14F3NO. The van der Waals surface area contributed by atoms with Crippen LogP contribution in [0.25, 0.3) is 0 Å². The molecular weight excluding hydrogens is 279 g/mol. The van der Waals surface area contributed by atoms with E-state index in [0.29, 0.717) is 0 Å². The van der Waals surface area contributed by atoms with Crippen LogP contribution in [0.15, 0.2) is 42.5 Å². The van der Waals surface area contributed by atoms with E-state index in [-0.39, 0.29) is 30.1 Å². The third-order valence-electron chi connectivity index (χ3n) is 3.13. The summed E-state index contributed by atoms with van der Waals surface area (Å²) < 4.78 is 39.8. The highest BCUT2D eigenvalue weighted by atomic mass is 19.2. The molecule has 0 heterocycles. The summed E-state index contributed by atoms with van der Waals surface area (Å²) in [5.41, 5.74) is 0.515. The first-order chi connectivity index (χ1) is 10.0. The van der Waals surface area contributed by atoms with Crippen molar-refractivity contribution in [3.8, 4) is 0 Å². The number of benzene rings is 2. The van der Waals surface area contributed by atoms with Crippen LogP contribution in [-0.4, -0.2) is 12.5 Å². The quantitative estimate of drug-likeness (QED) is 0.841.